The van der Waals surface area contributed by atoms with E-state index in [1.54, 1.807) is 0 Å². The molecule has 25 heavy (non-hydrogen) atoms. The molecule has 3 heteroatoms. The summed E-state index contributed by atoms with van der Waals surface area (Å²) < 4.78 is 0. The van der Waals surface area contributed by atoms with Gasteiger partial charge in [0.05, 0.1) is 11.9 Å². The molecule has 124 valence electrons. The van der Waals surface area contributed by atoms with Gasteiger partial charge in [0.25, 0.3) is 0 Å². The Balaban J connectivity index is 1.51. The number of H-pyrrole nitrogens is 1. The minimum Gasteiger partial charge on any atom is -0.366 e. The molecule has 0 radical (unpaired) electrons. The summed E-state index contributed by atoms with van der Waals surface area (Å²) in [7, 11) is 0. The Bertz CT molecular complexity index is 997. The standard InChI is InChI=1S/C22H21N3/c1-16-3-5-18(6-4-16)7-8-19-10-13-25(14-11-19)21-15-24-22-20(17(21)2)9-12-23-22/h3-6,9-10,12,15H,11,13-14H2,1-2H3,(H,23,24). The van der Waals surface area contributed by atoms with Crippen molar-refractivity contribution in [1.82, 2.24) is 9.97 Å². The highest BCUT2D eigenvalue weighted by Gasteiger charge is 2.15. The highest BCUT2D eigenvalue weighted by atomic mass is 15.1. The molecule has 4 rings (SSSR count). The van der Waals surface area contributed by atoms with Crippen LogP contribution in [0, 0.1) is 25.7 Å². The molecule has 1 aliphatic heterocycles. The van der Waals surface area contributed by atoms with Gasteiger partial charge in [-0.3, -0.25) is 0 Å². The quantitative estimate of drug-likeness (QED) is 0.673. The normalized spacial score (nSPS) is 14.2. The van der Waals surface area contributed by atoms with Crippen molar-refractivity contribution >= 4 is 16.7 Å². The molecule has 2 aromatic heterocycles. The average molecular weight is 327 g/mol. The van der Waals surface area contributed by atoms with E-state index >= 15 is 0 Å². The number of hydrogen-bond acceptors (Lipinski definition) is 2. The predicted octanol–water partition coefficient (Wildman–Crippen LogP) is 4.37. The number of nitrogens with one attached hydrogen (secondary N) is 1. The van der Waals surface area contributed by atoms with E-state index in [0.717, 1.165) is 30.7 Å². The zero-order valence-electron chi connectivity index (χ0n) is 14.6. The van der Waals surface area contributed by atoms with Gasteiger partial charge in [-0.15, -0.1) is 0 Å². The van der Waals surface area contributed by atoms with Crippen LogP contribution in [-0.4, -0.2) is 23.1 Å². The Morgan fingerprint density at radius 1 is 1.08 bits per heavy atom. The van der Waals surface area contributed by atoms with Crippen LogP contribution in [0.3, 0.4) is 0 Å². The predicted molar refractivity (Wildman–Crippen MR) is 104 cm³/mol. The number of fused-ring (bicyclic) bond motifs is 1. The Kier molecular flexibility index (Phi) is 4.03. The molecule has 3 nitrogen and oxygen atoms in total. The van der Waals surface area contributed by atoms with Gasteiger partial charge in [0.2, 0.25) is 0 Å². The Morgan fingerprint density at radius 2 is 1.92 bits per heavy atom. The number of nitrogens with zero attached hydrogens (tertiary/aromatic N) is 2. The molecule has 0 aliphatic carbocycles. The second kappa shape index (κ2) is 6.49. The van der Waals surface area contributed by atoms with Crippen molar-refractivity contribution in [3.05, 3.63) is 71.1 Å². The van der Waals surface area contributed by atoms with Crippen LogP contribution in [0.4, 0.5) is 5.69 Å². The zero-order valence-corrected chi connectivity index (χ0v) is 14.6. The summed E-state index contributed by atoms with van der Waals surface area (Å²) in [6.45, 7) is 6.13. The van der Waals surface area contributed by atoms with Gasteiger partial charge in [0.15, 0.2) is 0 Å². The van der Waals surface area contributed by atoms with Crippen molar-refractivity contribution in [2.24, 2.45) is 0 Å². The number of pyridine rings is 1. The van der Waals surface area contributed by atoms with Crippen LogP contribution in [0.5, 0.6) is 0 Å². The van der Waals surface area contributed by atoms with E-state index < -0.39 is 0 Å². The lowest BCUT2D eigenvalue weighted by Gasteiger charge is -2.28. The van der Waals surface area contributed by atoms with Crippen molar-refractivity contribution in [2.45, 2.75) is 20.3 Å². The number of aromatic amines is 1. The maximum absolute atomic E-state index is 4.53. The van der Waals surface area contributed by atoms with E-state index in [1.165, 1.54) is 27.8 Å². The lowest BCUT2D eigenvalue weighted by atomic mass is 10.1. The molecule has 3 heterocycles. The molecular formula is C22H21N3. The van der Waals surface area contributed by atoms with E-state index in [0.29, 0.717) is 0 Å². The van der Waals surface area contributed by atoms with E-state index in [2.05, 4.69) is 77.0 Å². The summed E-state index contributed by atoms with van der Waals surface area (Å²) in [6.07, 6.45) is 7.14. The molecule has 1 aliphatic rings. The number of anilines is 1. The molecule has 0 atom stereocenters. The molecule has 3 aromatic rings. The van der Waals surface area contributed by atoms with Gasteiger partial charge in [-0.2, -0.15) is 0 Å². The fraction of sp³-hybridized carbons (Fsp3) is 0.227. The maximum atomic E-state index is 4.53. The van der Waals surface area contributed by atoms with Gasteiger partial charge in [0, 0.05) is 35.8 Å². The average Bonchev–Trinajstić information content (AvgIpc) is 3.12. The molecule has 0 unspecified atom stereocenters. The molecule has 0 spiro atoms. The monoisotopic (exact) mass is 327 g/mol. The van der Waals surface area contributed by atoms with Crippen molar-refractivity contribution in [2.75, 3.05) is 18.0 Å². The van der Waals surface area contributed by atoms with Crippen LogP contribution >= 0.6 is 0 Å². The minimum atomic E-state index is 0.885. The second-order valence-electron chi connectivity index (χ2n) is 6.55. The van der Waals surface area contributed by atoms with Gasteiger partial charge in [-0.05, 0) is 44.0 Å². The zero-order chi connectivity index (χ0) is 17.2. The smallest absolute Gasteiger partial charge is 0.137 e. The van der Waals surface area contributed by atoms with E-state index in [1.807, 2.05) is 12.4 Å². The lowest BCUT2D eigenvalue weighted by Crippen LogP contribution is -2.29. The molecule has 0 amide bonds. The fourth-order valence-electron chi connectivity index (χ4n) is 3.24. The van der Waals surface area contributed by atoms with E-state index in [4.69, 9.17) is 0 Å². The first-order chi connectivity index (χ1) is 12.2. The molecule has 0 saturated carbocycles. The molecule has 1 N–H and O–H groups in total. The molecule has 0 saturated heterocycles. The van der Waals surface area contributed by atoms with Crippen LogP contribution < -0.4 is 4.90 Å². The largest absolute Gasteiger partial charge is 0.366 e. The van der Waals surface area contributed by atoms with Crippen LogP contribution in [0.25, 0.3) is 11.0 Å². The van der Waals surface area contributed by atoms with Gasteiger partial charge < -0.3 is 9.88 Å². The summed E-state index contributed by atoms with van der Waals surface area (Å²) in [6, 6.07) is 10.5. The summed E-state index contributed by atoms with van der Waals surface area (Å²) >= 11 is 0. The summed E-state index contributed by atoms with van der Waals surface area (Å²) in [5.41, 5.74) is 7.03. The van der Waals surface area contributed by atoms with Gasteiger partial charge in [-0.25, -0.2) is 4.98 Å². The van der Waals surface area contributed by atoms with Gasteiger partial charge in [-0.1, -0.05) is 35.6 Å². The Hall–Kier alpha value is -2.99. The number of aryl methyl sites for hydroxylation is 2. The topological polar surface area (TPSA) is 31.9 Å². The Labute approximate surface area is 148 Å². The van der Waals surface area contributed by atoms with Crippen molar-refractivity contribution < 1.29 is 0 Å². The summed E-state index contributed by atoms with van der Waals surface area (Å²) in [4.78, 5) is 10.1. The summed E-state index contributed by atoms with van der Waals surface area (Å²) in [5.74, 6) is 6.61. The number of benzene rings is 1. The Morgan fingerprint density at radius 3 is 2.68 bits per heavy atom. The van der Waals surface area contributed by atoms with E-state index in [9.17, 15) is 0 Å². The van der Waals surface area contributed by atoms with Crippen molar-refractivity contribution in [3.8, 4) is 11.8 Å². The highest BCUT2D eigenvalue weighted by Crippen LogP contribution is 2.27. The van der Waals surface area contributed by atoms with Crippen molar-refractivity contribution in [3.63, 3.8) is 0 Å². The van der Waals surface area contributed by atoms with E-state index in [-0.39, 0.29) is 0 Å². The lowest BCUT2D eigenvalue weighted by molar-refractivity contribution is 0.800. The highest BCUT2D eigenvalue weighted by molar-refractivity contribution is 5.84. The van der Waals surface area contributed by atoms with Gasteiger partial charge >= 0.3 is 0 Å². The number of aromatic nitrogens is 2. The SMILES string of the molecule is Cc1ccc(C#CC2=CCN(c3cnc4[nH]ccc4c3C)CC2)cc1. The van der Waals surface area contributed by atoms with Crippen LogP contribution in [0.2, 0.25) is 0 Å². The van der Waals surface area contributed by atoms with Crippen LogP contribution in [0.1, 0.15) is 23.1 Å². The molecule has 0 fully saturated rings. The van der Waals surface area contributed by atoms with Gasteiger partial charge in [0.1, 0.15) is 5.65 Å². The van der Waals surface area contributed by atoms with Crippen LogP contribution in [0.15, 0.2) is 54.4 Å². The number of hydrogen-bond donors (Lipinski definition) is 1. The molecule has 0 bridgehead atoms. The number of rotatable bonds is 1. The first-order valence-electron chi connectivity index (χ1n) is 8.66. The summed E-state index contributed by atoms with van der Waals surface area (Å²) in [5, 5.41) is 1.20. The second-order valence-corrected chi connectivity index (χ2v) is 6.55. The first kappa shape index (κ1) is 15.5. The van der Waals surface area contributed by atoms with Crippen LogP contribution in [-0.2, 0) is 0 Å². The molecule has 1 aromatic carbocycles. The minimum absolute atomic E-state index is 0.885. The third-order valence-corrected chi connectivity index (χ3v) is 4.80. The first-order valence-corrected chi connectivity index (χ1v) is 8.66. The van der Waals surface area contributed by atoms with Crippen molar-refractivity contribution in [1.29, 1.82) is 0 Å². The maximum Gasteiger partial charge on any atom is 0.137 e. The fourth-order valence-corrected chi connectivity index (χ4v) is 3.24. The molecular weight excluding hydrogens is 306 g/mol. The third-order valence-electron chi connectivity index (χ3n) is 4.80. The third kappa shape index (κ3) is 3.16.